The maximum atomic E-state index is 12.3. The van der Waals surface area contributed by atoms with Crippen LogP contribution in [0.15, 0.2) is 73.1 Å². The first-order valence-electron chi connectivity index (χ1n) is 8.96. The molecular formula is C21H20N4O4S. The molecule has 3 N–H and O–H groups in total. The Morgan fingerprint density at radius 1 is 0.867 bits per heavy atom. The van der Waals surface area contributed by atoms with Gasteiger partial charge in [0.15, 0.2) is 0 Å². The van der Waals surface area contributed by atoms with Crippen LogP contribution >= 0.6 is 0 Å². The third-order valence-corrected chi connectivity index (χ3v) is 4.65. The van der Waals surface area contributed by atoms with Crippen molar-refractivity contribution in [1.82, 2.24) is 10.3 Å². The summed E-state index contributed by atoms with van der Waals surface area (Å²) in [5, 5.41) is 5.58. The molecule has 0 aliphatic heterocycles. The molecule has 2 amide bonds. The van der Waals surface area contributed by atoms with Gasteiger partial charge in [-0.25, -0.2) is 8.42 Å². The highest BCUT2D eigenvalue weighted by atomic mass is 32.2. The Balaban J connectivity index is 1.53. The van der Waals surface area contributed by atoms with Crippen molar-refractivity contribution in [1.29, 1.82) is 0 Å². The van der Waals surface area contributed by atoms with Gasteiger partial charge in [-0.15, -0.1) is 0 Å². The maximum Gasteiger partial charge on any atom is 0.257 e. The number of amides is 2. The van der Waals surface area contributed by atoms with Crippen molar-refractivity contribution in [3.63, 3.8) is 0 Å². The summed E-state index contributed by atoms with van der Waals surface area (Å²) in [4.78, 5) is 28.3. The van der Waals surface area contributed by atoms with Crippen LogP contribution in [0.5, 0.6) is 0 Å². The average Bonchev–Trinajstić information content (AvgIpc) is 2.73. The Labute approximate surface area is 174 Å². The van der Waals surface area contributed by atoms with Gasteiger partial charge in [0.25, 0.3) is 11.8 Å². The van der Waals surface area contributed by atoms with Gasteiger partial charge in [0, 0.05) is 35.9 Å². The maximum absolute atomic E-state index is 12.3. The molecule has 1 aromatic heterocycles. The second kappa shape index (κ2) is 9.19. The summed E-state index contributed by atoms with van der Waals surface area (Å²) in [6.45, 7) is 0.305. The fourth-order valence-corrected chi connectivity index (χ4v) is 3.16. The summed E-state index contributed by atoms with van der Waals surface area (Å²) in [5.41, 5.74) is 2.75. The van der Waals surface area contributed by atoms with Gasteiger partial charge in [0.05, 0.1) is 11.8 Å². The number of anilines is 2. The first-order valence-corrected chi connectivity index (χ1v) is 10.9. The molecular weight excluding hydrogens is 404 g/mol. The fraction of sp³-hybridized carbons (Fsp3) is 0.0952. The Bertz CT molecular complexity index is 1130. The molecule has 0 radical (unpaired) electrons. The Kier molecular flexibility index (Phi) is 6.43. The highest BCUT2D eigenvalue weighted by Crippen LogP contribution is 2.13. The van der Waals surface area contributed by atoms with E-state index in [-0.39, 0.29) is 11.8 Å². The van der Waals surface area contributed by atoms with E-state index in [1.54, 1.807) is 54.7 Å². The van der Waals surface area contributed by atoms with E-state index in [2.05, 4.69) is 20.3 Å². The molecule has 8 nitrogen and oxygen atoms in total. The standard InChI is InChI=1S/C21H20N4O4S/c1-30(28,29)25-19-10-6-16(7-11-19)20(26)23-13-15-4-8-18(9-5-15)24-21(27)17-3-2-12-22-14-17/h2-12,14,25H,13H2,1H3,(H,23,26)(H,24,27). The molecule has 0 aliphatic rings. The molecule has 0 bridgehead atoms. The van der Waals surface area contributed by atoms with Gasteiger partial charge in [-0.3, -0.25) is 19.3 Å². The predicted octanol–water partition coefficient (Wildman–Crippen LogP) is 2.64. The lowest BCUT2D eigenvalue weighted by molar-refractivity contribution is 0.0950. The number of sulfonamides is 1. The fourth-order valence-electron chi connectivity index (χ4n) is 2.59. The number of rotatable bonds is 7. The van der Waals surface area contributed by atoms with Crippen molar-refractivity contribution in [2.75, 3.05) is 16.3 Å². The first kappa shape index (κ1) is 21.0. The zero-order valence-corrected chi connectivity index (χ0v) is 16.9. The van der Waals surface area contributed by atoms with Crippen molar-refractivity contribution in [3.8, 4) is 0 Å². The summed E-state index contributed by atoms with van der Waals surface area (Å²) < 4.78 is 24.8. The van der Waals surface area contributed by atoms with Crippen LogP contribution in [0.4, 0.5) is 11.4 Å². The topological polar surface area (TPSA) is 117 Å². The molecule has 0 fully saturated rings. The van der Waals surface area contributed by atoms with Crippen molar-refractivity contribution in [3.05, 3.63) is 89.7 Å². The molecule has 3 aromatic rings. The molecule has 0 saturated carbocycles. The summed E-state index contributed by atoms with van der Waals surface area (Å²) in [5.74, 6) is -0.534. The Morgan fingerprint density at radius 2 is 1.53 bits per heavy atom. The SMILES string of the molecule is CS(=O)(=O)Nc1ccc(C(=O)NCc2ccc(NC(=O)c3cccnc3)cc2)cc1. The van der Waals surface area contributed by atoms with E-state index in [0.29, 0.717) is 29.0 Å². The van der Waals surface area contributed by atoms with E-state index in [9.17, 15) is 18.0 Å². The van der Waals surface area contributed by atoms with Gasteiger partial charge in [0.1, 0.15) is 0 Å². The molecule has 0 unspecified atom stereocenters. The lowest BCUT2D eigenvalue weighted by atomic mass is 10.1. The van der Waals surface area contributed by atoms with Gasteiger partial charge in [-0.1, -0.05) is 12.1 Å². The number of carbonyl (C=O) groups excluding carboxylic acids is 2. The summed E-state index contributed by atoms with van der Waals surface area (Å²) in [6, 6.07) is 16.6. The molecule has 3 rings (SSSR count). The van der Waals surface area contributed by atoms with Crippen molar-refractivity contribution >= 4 is 33.2 Å². The third kappa shape index (κ3) is 6.14. The largest absolute Gasteiger partial charge is 0.348 e. The average molecular weight is 424 g/mol. The number of benzene rings is 2. The minimum atomic E-state index is -3.36. The van der Waals surface area contributed by atoms with Crippen LogP contribution < -0.4 is 15.4 Å². The zero-order valence-electron chi connectivity index (χ0n) is 16.1. The molecule has 1 heterocycles. The lowest BCUT2D eigenvalue weighted by Gasteiger charge is -2.09. The van der Waals surface area contributed by atoms with E-state index in [1.807, 2.05) is 0 Å². The van der Waals surface area contributed by atoms with E-state index >= 15 is 0 Å². The monoisotopic (exact) mass is 424 g/mol. The Hall–Kier alpha value is -3.72. The molecule has 0 saturated heterocycles. The predicted molar refractivity (Wildman–Crippen MR) is 115 cm³/mol. The number of nitrogens with zero attached hydrogens (tertiary/aromatic N) is 1. The van der Waals surface area contributed by atoms with Crippen molar-refractivity contribution in [2.45, 2.75) is 6.54 Å². The number of hydrogen-bond acceptors (Lipinski definition) is 5. The quantitative estimate of drug-likeness (QED) is 0.539. The van der Waals surface area contributed by atoms with E-state index < -0.39 is 10.0 Å². The van der Waals surface area contributed by atoms with Crippen molar-refractivity contribution < 1.29 is 18.0 Å². The smallest absolute Gasteiger partial charge is 0.257 e. The van der Waals surface area contributed by atoms with Gasteiger partial charge in [-0.05, 0) is 54.1 Å². The molecule has 0 aliphatic carbocycles. The molecule has 0 atom stereocenters. The van der Waals surface area contributed by atoms with Crippen LogP contribution in [0, 0.1) is 0 Å². The van der Waals surface area contributed by atoms with Crippen LogP contribution in [-0.4, -0.2) is 31.5 Å². The summed E-state index contributed by atoms with van der Waals surface area (Å²) >= 11 is 0. The van der Waals surface area contributed by atoms with E-state index in [0.717, 1.165) is 11.8 Å². The van der Waals surface area contributed by atoms with Crippen LogP contribution in [0.1, 0.15) is 26.3 Å². The minimum Gasteiger partial charge on any atom is -0.348 e. The lowest BCUT2D eigenvalue weighted by Crippen LogP contribution is -2.22. The number of hydrogen-bond donors (Lipinski definition) is 3. The molecule has 2 aromatic carbocycles. The molecule has 30 heavy (non-hydrogen) atoms. The number of nitrogens with one attached hydrogen (secondary N) is 3. The normalized spacial score (nSPS) is 10.8. The molecule has 154 valence electrons. The van der Waals surface area contributed by atoms with Crippen LogP contribution in [0.25, 0.3) is 0 Å². The van der Waals surface area contributed by atoms with E-state index in [1.165, 1.54) is 18.3 Å². The van der Waals surface area contributed by atoms with Crippen LogP contribution in [0.2, 0.25) is 0 Å². The first-order chi connectivity index (χ1) is 14.3. The second-order valence-electron chi connectivity index (χ2n) is 6.53. The van der Waals surface area contributed by atoms with Crippen LogP contribution in [0.3, 0.4) is 0 Å². The Morgan fingerprint density at radius 3 is 2.13 bits per heavy atom. The summed E-state index contributed by atoms with van der Waals surface area (Å²) in [7, 11) is -3.36. The highest BCUT2D eigenvalue weighted by molar-refractivity contribution is 7.92. The third-order valence-electron chi connectivity index (χ3n) is 4.04. The van der Waals surface area contributed by atoms with E-state index in [4.69, 9.17) is 0 Å². The number of pyridine rings is 1. The van der Waals surface area contributed by atoms with Gasteiger partial charge in [-0.2, -0.15) is 0 Å². The number of carbonyl (C=O) groups is 2. The van der Waals surface area contributed by atoms with Gasteiger partial charge < -0.3 is 10.6 Å². The molecule has 9 heteroatoms. The second-order valence-corrected chi connectivity index (χ2v) is 8.28. The number of aromatic nitrogens is 1. The zero-order chi connectivity index (χ0) is 21.6. The van der Waals surface area contributed by atoms with Gasteiger partial charge in [0.2, 0.25) is 10.0 Å². The van der Waals surface area contributed by atoms with Crippen molar-refractivity contribution in [2.24, 2.45) is 0 Å². The highest BCUT2D eigenvalue weighted by Gasteiger charge is 2.08. The minimum absolute atomic E-state index is 0.252. The molecule has 0 spiro atoms. The van der Waals surface area contributed by atoms with Gasteiger partial charge >= 0.3 is 0 Å². The summed E-state index contributed by atoms with van der Waals surface area (Å²) in [6.07, 6.45) is 4.15. The van der Waals surface area contributed by atoms with Crippen LogP contribution in [-0.2, 0) is 16.6 Å².